The lowest BCUT2D eigenvalue weighted by molar-refractivity contribution is 0.156. The number of aliphatic imine (C=N–C) groups is 1. The van der Waals surface area contributed by atoms with Gasteiger partial charge in [-0.05, 0) is 67.6 Å². The van der Waals surface area contributed by atoms with Crippen molar-refractivity contribution in [3.05, 3.63) is 27.8 Å². The third kappa shape index (κ3) is 7.14. The molecule has 148 valence electrons. The van der Waals surface area contributed by atoms with Crippen molar-refractivity contribution in [1.82, 2.24) is 9.88 Å². The van der Waals surface area contributed by atoms with E-state index in [1.165, 1.54) is 5.54 Å². The summed E-state index contributed by atoms with van der Waals surface area (Å²) in [7, 11) is 1.99. The number of halogens is 2. The fraction of sp³-hybridized carbons (Fsp3) is 0.526. The monoisotopic (exact) mass is 456 g/mol. The lowest BCUT2D eigenvalue weighted by Crippen LogP contribution is -2.25. The molecule has 1 heterocycles. The highest BCUT2D eigenvalue weighted by atomic mass is 79.9. The number of aromatic nitrogens is 1. The Labute approximate surface area is 174 Å². The summed E-state index contributed by atoms with van der Waals surface area (Å²) in [5, 5.41) is 4.15. The van der Waals surface area contributed by atoms with Crippen molar-refractivity contribution < 1.29 is 9.57 Å². The van der Waals surface area contributed by atoms with Gasteiger partial charge in [-0.2, -0.15) is 0 Å². The van der Waals surface area contributed by atoms with E-state index in [2.05, 4.69) is 38.0 Å². The molecule has 0 unspecified atom stereocenters. The van der Waals surface area contributed by atoms with Gasteiger partial charge in [0.15, 0.2) is 0 Å². The number of hydrogen-bond donors (Lipinski definition) is 0. The molecule has 2 rings (SSSR count). The largest absolute Gasteiger partial charge is 0.474 e. The average molecular weight is 458 g/mol. The topological polar surface area (TPSA) is 59.3 Å². The van der Waals surface area contributed by atoms with E-state index in [-0.39, 0.29) is 6.10 Å². The number of oxime groups is 1. The average Bonchev–Trinajstić information content (AvgIpc) is 2.67. The van der Waals surface area contributed by atoms with Crippen LogP contribution < -0.4 is 4.74 Å². The Bertz CT molecular complexity index is 699. The summed E-state index contributed by atoms with van der Waals surface area (Å²) in [6, 6.07) is 1.95. The van der Waals surface area contributed by atoms with E-state index in [1.807, 2.05) is 31.3 Å². The number of nitrogens with zero attached hydrogens (tertiary/aromatic N) is 4. The molecule has 0 aliphatic heterocycles. The van der Waals surface area contributed by atoms with Crippen LogP contribution in [0.15, 0.2) is 32.3 Å². The zero-order valence-corrected chi connectivity index (χ0v) is 18.3. The minimum absolute atomic E-state index is 0.121. The minimum Gasteiger partial charge on any atom is -0.474 e. The molecule has 1 saturated carbocycles. The van der Waals surface area contributed by atoms with Gasteiger partial charge in [-0.1, -0.05) is 16.8 Å². The van der Waals surface area contributed by atoms with Gasteiger partial charge in [0.05, 0.1) is 27.9 Å². The van der Waals surface area contributed by atoms with Crippen LogP contribution >= 0.6 is 27.5 Å². The maximum atomic E-state index is 6.12. The maximum absolute atomic E-state index is 6.12. The van der Waals surface area contributed by atoms with E-state index < -0.39 is 0 Å². The van der Waals surface area contributed by atoms with E-state index in [0.29, 0.717) is 12.5 Å². The molecule has 0 aromatic carbocycles. The highest BCUT2D eigenvalue weighted by molar-refractivity contribution is 9.10. The molecule has 0 spiro atoms. The first-order valence-corrected chi connectivity index (χ1v) is 10.3. The molecule has 1 fully saturated rings. The molecule has 0 N–H and O–H groups in total. The van der Waals surface area contributed by atoms with Gasteiger partial charge in [0, 0.05) is 19.1 Å². The fourth-order valence-electron chi connectivity index (χ4n) is 2.50. The fourth-order valence-corrected chi connectivity index (χ4v) is 2.98. The van der Waals surface area contributed by atoms with Gasteiger partial charge < -0.3 is 14.5 Å². The second kappa shape index (κ2) is 11.3. The van der Waals surface area contributed by atoms with Crippen LogP contribution in [-0.2, 0) is 4.84 Å². The molecule has 0 bridgehead atoms. The molecule has 1 aromatic rings. The molecular formula is C19H26BrClN4O2. The smallest absolute Gasteiger partial charge is 0.228 e. The quantitative estimate of drug-likeness (QED) is 0.233. The third-order valence-electron chi connectivity index (χ3n) is 4.24. The molecule has 1 aliphatic rings. The number of ether oxygens (including phenoxy) is 1. The van der Waals surface area contributed by atoms with Crippen molar-refractivity contribution in [3.63, 3.8) is 0 Å². The van der Waals surface area contributed by atoms with Crippen molar-refractivity contribution in [2.75, 3.05) is 20.2 Å². The summed E-state index contributed by atoms with van der Waals surface area (Å²) in [5.74, 6) is 0.615. The summed E-state index contributed by atoms with van der Waals surface area (Å²) in [4.78, 5) is 16.3. The van der Waals surface area contributed by atoms with E-state index in [9.17, 15) is 0 Å². The van der Waals surface area contributed by atoms with Gasteiger partial charge >= 0.3 is 0 Å². The molecule has 1 aromatic heterocycles. The van der Waals surface area contributed by atoms with E-state index in [1.54, 1.807) is 6.08 Å². The lowest BCUT2D eigenvalue weighted by atomic mass is 9.96. The number of rotatable bonds is 8. The molecule has 6 nitrogen and oxygen atoms in total. The van der Waals surface area contributed by atoms with Crippen molar-refractivity contribution in [1.29, 1.82) is 0 Å². The number of pyridine rings is 1. The predicted octanol–water partition coefficient (Wildman–Crippen LogP) is 5.21. The van der Waals surface area contributed by atoms with E-state index in [4.69, 9.17) is 21.2 Å². The molecule has 8 heteroatoms. The normalized spacial score (nSPS) is 17.5. The van der Waals surface area contributed by atoms with Crippen LogP contribution in [0.5, 0.6) is 5.88 Å². The molecule has 27 heavy (non-hydrogen) atoms. The molecule has 0 atom stereocenters. The highest BCUT2D eigenvalue weighted by Crippen LogP contribution is 2.32. The van der Waals surface area contributed by atoms with Gasteiger partial charge in [0.2, 0.25) is 5.88 Å². The number of hydrogen-bond acceptors (Lipinski definition) is 5. The Morgan fingerprint density at radius 1 is 1.41 bits per heavy atom. The minimum atomic E-state index is 0.121. The molecule has 1 aliphatic carbocycles. The summed E-state index contributed by atoms with van der Waals surface area (Å²) >= 11 is 9.00. The van der Waals surface area contributed by atoms with Crippen LogP contribution in [0.1, 0.15) is 38.3 Å². The van der Waals surface area contributed by atoms with Gasteiger partial charge in [-0.3, -0.25) is 0 Å². The highest BCUT2D eigenvalue weighted by Gasteiger charge is 2.21. The van der Waals surface area contributed by atoms with Crippen molar-refractivity contribution >= 4 is 45.3 Å². The van der Waals surface area contributed by atoms with Crippen LogP contribution in [0.25, 0.3) is 0 Å². The van der Waals surface area contributed by atoms with Crippen LogP contribution in [-0.4, -0.2) is 48.2 Å². The first-order valence-electron chi connectivity index (χ1n) is 9.04. The van der Waals surface area contributed by atoms with Gasteiger partial charge in [-0.25, -0.2) is 9.98 Å². The van der Waals surface area contributed by atoms with E-state index >= 15 is 0 Å². The van der Waals surface area contributed by atoms with Gasteiger partial charge in [0.25, 0.3) is 0 Å². The number of aryl methyl sites for hydroxylation is 1. The van der Waals surface area contributed by atoms with Crippen LogP contribution in [0, 0.1) is 6.92 Å². The third-order valence-corrected chi connectivity index (χ3v) is 4.99. The van der Waals surface area contributed by atoms with Crippen LogP contribution in [0.2, 0.25) is 0 Å². The first-order chi connectivity index (χ1) is 13.0. The van der Waals surface area contributed by atoms with Gasteiger partial charge in [0.1, 0.15) is 12.7 Å². The lowest BCUT2D eigenvalue weighted by Gasteiger charge is -2.24. The zero-order chi connectivity index (χ0) is 19.6. The molecule has 0 saturated heterocycles. The molecular weight excluding hydrogens is 432 g/mol. The predicted molar refractivity (Wildman–Crippen MR) is 114 cm³/mol. The summed E-state index contributed by atoms with van der Waals surface area (Å²) in [6.45, 7) is 5.31. The molecule has 0 amide bonds. The van der Waals surface area contributed by atoms with Crippen molar-refractivity contribution in [2.45, 2.75) is 45.6 Å². The van der Waals surface area contributed by atoms with Crippen LogP contribution in [0.3, 0.4) is 0 Å². The van der Waals surface area contributed by atoms with Crippen LogP contribution in [0.4, 0.5) is 5.69 Å². The Morgan fingerprint density at radius 3 is 2.81 bits per heavy atom. The van der Waals surface area contributed by atoms with E-state index in [0.717, 1.165) is 53.8 Å². The zero-order valence-electron chi connectivity index (χ0n) is 16.0. The second-order valence-electron chi connectivity index (χ2n) is 6.33. The Morgan fingerprint density at radius 2 is 2.15 bits per heavy atom. The standard InChI is InChI=1S/C19H26BrClN4O2/c1-4-25(3)13-22-18-12-17(20)19(23-14(18)2)27-16-8-6-15(7-9-16)24-26-11-5-10-21/h5,10,12-13,16H,4,6-9,11H2,1-3H3/b10-5+,22-13?,24-15?. The van der Waals surface area contributed by atoms with Crippen molar-refractivity contribution in [2.24, 2.45) is 10.1 Å². The first kappa shape index (κ1) is 21.7. The summed E-state index contributed by atoms with van der Waals surface area (Å²) < 4.78 is 6.93. The SMILES string of the molecule is CCN(C)C=Nc1cc(Br)c(OC2CCC(=NOC/C=C/Cl)CC2)nc1C. The summed E-state index contributed by atoms with van der Waals surface area (Å²) in [6.07, 6.45) is 7.14. The maximum Gasteiger partial charge on any atom is 0.228 e. The Kier molecular flexibility index (Phi) is 9.07. The van der Waals surface area contributed by atoms with Gasteiger partial charge in [-0.15, -0.1) is 0 Å². The molecule has 0 radical (unpaired) electrons. The Hall–Kier alpha value is -1.60. The van der Waals surface area contributed by atoms with Crippen molar-refractivity contribution in [3.8, 4) is 5.88 Å². The Balaban J connectivity index is 1.93. The second-order valence-corrected chi connectivity index (χ2v) is 7.44. The summed E-state index contributed by atoms with van der Waals surface area (Å²) in [5.41, 5.74) is 4.16.